The largest absolute Gasteiger partial charge is 0.493 e. The van der Waals surface area contributed by atoms with Crippen molar-refractivity contribution in [2.24, 2.45) is 0 Å². The van der Waals surface area contributed by atoms with Crippen molar-refractivity contribution in [3.63, 3.8) is 0 Å². The van der Waals surface area contributed by atoms with Crippen LogP contribution in [0.1, 0.15) is 17.3 Å². The Hall–Kier alpha value is -3.72. The third-order valence-corrected chi connectivity index (χ3v) is 6.00. The van der Waals surface area contributed by atoms with Crippen LogP contribution in [0.4, 0.5) is 11.4 Å². The Labute approximate surface area is 173 Å². The number of nitro benzene ring substituents is 1. The Bertz CT molecular complexity index is 1170. The molecule has 0 bridgehead atoms. The van der Waals surface area contributed by atoms with Crippen LogP contribution in [-0.4, -0.2) is 25.9 Å². The van der Waals surface area contributed by atoms with Crippen molar-refractivity contribution in [3.8, 4) is 5.75 Å². The van der Waals surface area contributed by atoms with E-state index in [9.17, 15) is 23.3 Å². The zero-order valence-corrected chi connectivity index (χ0v) is 16.8. The molecule has 0 fully saturated rings. The molecule has 3 aromatic rings. The Kier molecular flexibility index (Phi) is 6.12. The van der Waals surface area contributed by atoms with Crippen molar-refractivity contribution >= 4 is 27.1 Å². The van der Waals surface area contributed by atoms with E-state index in [-0.39, 0.29) is 21.4 Å². The van der Waals surface area contributed by atoms with Gasteiger partial charge in [0.25, 0.3) is 11.6 Å². The summed E-state index contributed by atoms with van der Waals surface area (Å²) in [5.41, 5.74) is 0.579. The second kappa shape index (κ2) is 8.75. The summed E-state index contributed by atoms with van der Waals surface area (Å²) in [6, 6.07) is 17.1. The van der Waals surface area contributed by atoms with Gasteiger partial charge < -0.3 is 10.1 Å². The molecule has 0 aliphatic carbocycles. The zero-order chi connectivity index (χ0) is 21.7. The van der Waals surface area contributed by atoms with Crippen LogP contribution < -0.4 is 10.1 Å². The second-order valence-electron chi connectivity index (χ2n) is 6.16. The van der Waals surface area contributed by atoms with Crippen LogP contribution in [0.2, 0.25) is 0 Å². The number of carbonyl (C=O) groups is 1. The zero-order valence-electron chi connectivity index (χ0n) is 15.9. The number of anilines is 1. The molecule has 0 saturated carbocycles. The van der Waals surface area contributed by atoms with Crippen LogP contribution in [0.5, 0.6) is 5.75 Å². The van der Waals surface area contributed by atoms with Crippen molar-refractivity contribution in [1.82, 2.24) is 0 Å². The van der Waals surface area contributed by atoms with Crippen LogP contribution >= 0.6 is 0 Å². The monoisotopic (exact) mass is 426 g/mol. The number of ether oxygens (including phenoxy) is 1. The maximum Gasteiger partial charge on any atom is 0.269 e. The first-order valence-corrected chi connectivity index (χ1v) is 10.4. The highest BCUT2D eigenvalue weighted by Crippen LogP contribution is 2.25. The summed E-state index contributed by atoms with van der Waals surface area (Å²) in [5, 5.41) is 13.4. The molecule has 0 aliphatic rings. The second-order valence-corrected chi connectivity index (χ2v) is 8.11. The molecule has 1 N–H and O–H groups in total. The average molecular weight is 426 g/mol. The van der Waals surface area contributed by atoms with Crippen LogP contribution in [0.15, 0.2) is 82.6 Å². The quantitative estimate of drug-likeness (QED) is 0.450. The highest BCUT2D eigenvalue weighted by Gasteiger charge is 2.19. The number of hydrogen-bond donors (Lipinski definition) is 1. The molecule has 0 aromatic heterocycles. The van der Waals surface area contributed by atoms with E-state index in [1.807, 2.05) is 6.92 Å². The number of nitrogens with zero attached hydrogens (tertiary/aromatic N) is 1. The minimum absolute atomic E-state index is 0.00377. The highest BCUT2D eigenvalue weighted by atomic mass is 32.2. The van der Waals surface area contributed by atoms with Gasteiger partial charge in [-0.05, 0) is 55.5 Å². The molecule has 3 aromatic carbocycles. The molecule has 0 spiro atoms. The summed E-state index contributed by atoms with van der Waals surface area (Å²) < 4.78 is 30.9. The van der Waals surface area contributed by atoms with Gasteiger partial charge in [0.15, 0.2) is 0 Å². The number of sulfone groups is 1. The van der Waals surface area contributed by atoms with E-state index in [0.717, 1.165) is 12.1 Å². The van der Waals surface area contributed by atoms with Gasteiger partial charge in [0.1, 0.15) is 5.75 Å². The topological polar surface area (TPSA) is 116 Å². The van der Waals surface area contributed by atoms with Crippen molar-refractivity contribution < 1.29 is 22.9 Å². The summed E-state index contributed by atoms with van der Waals surface area (Å²) in [6.07, 6.45) is 0. The summed E-state index contributed by atoms with van der Waals surface area (Å²) in [5.74, 6) is 0.0693. The highest BCUT2D eigenvalue weighted by molar-refractivity contribution is 7.91. The Balaban J connectivity index is 1.79. The molecule has 3 rings (SSSR count). The first-order chi connectivity index (χ1) is 14.3. The maximum absolute atomic E-state index is 12.7. The Morgan fingerprint density at radius 1 is 0.967 bits per heavy atom. The number of nitrogens with one attached hydrogen (secondary N) is 1. The van der Waals surface area contributed by atoms with Crippen LogP contribution in [0, 0.1) is 10.1 Å². The summed E-state index contributed by atoms with van der Waals surface area (Å²) in [6.45, 7) is 2.23. The van der Waals surface area contributed by atoms with E-state index in [4.69, 9.17) is 4.74 Å². The molecule has 8 nitrogen and oxygen atoms in total. The number of non-ortho nitro benzene ring substituents is 1. The fraction of sp³-hybridized carbons (Fsp3) is 0.0952. The van der Waals surface area contributed by atoms with Gasteiger partial charge in [-0.15, -0.1) is 0 Å². The van der Waals surface area contributed by atoms with Gasteiger partial charge in [-0.1, -0.05) is 12.1 Å². The van der Waals surface area contributed by atoms with E-state index >= 15 is 0 Å². The Morgan fingerprint density at radius 2 is 1.53 bits per heavy atom. The van der Waals surface area contributed by atoms with E-state index < -0.39 is 14.8 Å². The maximum atomic E-state index is 12.7. The lowest BCUT2D eigenvalue weighted by Crippen LogP contribution is -2.13. The van der Waals surface area contributed by atoms with Gasteiger partial charge in [-0.2, -0.15) is 0 Å². The molecule has 0 atom stereocenters. The molecule has 30 heavy (non-hydrogen) atoms. The molecule has 0 heterocycles. The van der Waals surface area contributed by atoms with Crippen molar-refractivity contribution in [3.05, 3.63) is 88.5 Å². The number of hydrogen-bond acceptors (Lipinski definition) is 6. The van der Waals surface area contributed by atoms with E-state index in [1.54, 1.807) is 24.3 Å². The van der Waals surface area contributed by atoms with E-state index in [0.29, 0.717) is 23.6 Å². The van der Waals surface area contributed by atoms with Crippen LogP contribution in [-0.2, 0) is 9.84 Å². The SMILES string of the molecule is CCOc1ccccc1C(=O)Nc1ccc(S(=O)(=O)c2ccc([N+](=O)[O-])cc2)cc1. The smallest absolute Gasteiger partial charge is 0.269 e. The van der Waals surface area contributed by atoms with Crippen molar-refractivity contribution in [2.75, 3.05) is 11.9 Å². The molecule has 9 heteroatoms. The first-order valence-electron chi connectivity index (χ1n) is 8.95. The number of rotatable bonds is 7. The first kappa shape index (κ1) is 21.0. The number of amides is 1. The molecule has 0 radical (unpaired) electrons. The minimum Gasteiger partial charge on any atom is -0.493 e. The summed E-state index contributed by atoms with van der Waals surface area (Å²) in [4.78, 5) is 22.6. The van der Waals surface area contributed by atoms with Gasteiger partial charge in [0.2, 0.25) is 9.84 Å². The van der Waals surface area contributed by atoms with Gasteiger partial charge in [0, 0.05) is 17.8 Å². The lowest BCUT2D eigenvalue weighted by atomic mass is 10.2. The van der Waals surface area contributed by atoms with Gasteiger partial charge in [0.05, 0.1) is 26.9 Å². The molecule has 0 saturated heterocycles. The predicted octanol–water partition coefficient (Wildman–Crippen LogP) is 4.08. The summed E-state index contributed by atoms with van der Waals surface area (Å²) in [7, 11) is -3.85. The standard InChI is InChI=1S/C21H18N2O6S/c1-2-29-20-6-4-3-5-19(20)21(24)22-15-7-11-17(12-8-15)30(27,28)18-13-9-16(10-14-18)23(25)26/h3-14H,2H2,1H3,(H,22,24). The van der Waals surface area contributed by atoms with Gasteiger partial charge in [-0.25, -0.2) is 8.42 Å². The summed E-state index contributed by atoms with van der Waals surface area (Å²) >= 11 is 0. The van der Waals surface area contributed by atoms with Gasteiger partial charge >= 0.3 is 0 Å². The fourth-order valence-corrected chi connectivity index (χ4v) is 4.00. The van der Waals surface area contributed by atoms with Gasteiger partial charge in [-0.3, -0.25) is 14.9 Å². The van der Waals surface area contributed by atoms with Crippen LogP contribution in [0.25, 0.3) is 0 Å². The van der Waals surface area contributed by atoms with E-state index in [1.165, 1.54) is 36.4 Å². The van der Waals surface area contributed by atoms with Crippen molar-refractivity contribution in [2.45, 2.75) is 16.7 Å². The lowest BCUT2D eigenvalue weighted by molar-refractivity contribution is -0.384. The minimum atomic E-state index is -3.85. The third-order valence-electron chi connectivity index (χ3n) is 4.21. The molecule has 0 aliphatic heterocycles. The molecule has 154 valence electrons. The molecule has 1 amide bonds. The van der Waals surface area contributed by atoms with E-state index in [2.05, 4.69) is 5.32 Å². The lowest BCUT2D eigenvalue weighted by Gasteiger charge is -2.11. The Morgan fingerprint density at radius 3 is 2.10 bits per heavy atom. The third kappa shape index (κ3) is 4.47. The number of carbonyl (C=O) groups excluding carboxylic acids is 1. The number of benzene rings is 3. The average Bonchev–Trinajstić information content (AvgIpc) is 2.75. The fourth-order valence-electron chi connectivity index (χ4n) is 2.73. The molecular weight excluding hydrogens is 408 g/mol. The number of nitro groups is 1. The van der Waals surface area contributed by atoms with Crippen LogP contribution in [0.3, 0.4) is 0 Å². The predicted molar refractivity (Wildman–Crippen MR) is 111 cm³/mol. The normalized spacial score (nSPS) is 11.0. The number of para-hydroxylation sites is 1. The molecular formula is C21H18N2O6S. The molecule has 0 unspecified atom stereocenters. The van der Waals surface area contributed by atoms with Crippen molar-refractivity contribution in [1.29, 1.82) is 0 Å².